The molecule has 0 aliphatic heterocycles. The van der Waals surface area contributed by atoms with Crippen molar-refractivity contribution in [1.82, 2.24) is 14.7 Å². The highest BCUT2D eigenvalue weighted by atomic mass is 32.2. The first-order valence-corrected chi connectivity index (χ1v) is 11.4. The molecule has 0 radical (unpaired) electrons. The van der Waals surface area contributed by atoms with Gasteiger partial charge in [-0.2, -0.15) is 4.98 Å². The summed E-state index contributed by atoms with van der Waals surface area (Å²) >= 11 is 0. The van der Waals surface area contributed by atoms with Gasteiger partial charge in [0.05, 0.1) is 11.4 Å². The van der Waals surface area contributed by atoms with Gasteiger partial charge in [-0.3, -0.25) is 4.79 Å². The first kappa shape index (κ1) is 21.7. The average Bonchev–Trinajstić information content (AvgIpc) is 3.62. The lowest BCUT2D eigenvalue weighted by Crippen LogP contribution is -2.26. The minimum absolute atomic E-state index is 0.0292. The zero-order valence-electron chi connectivity index (χ0n) is 16.9. The van der Waals surface area contributed by atoms with Gasteiger partial charge in [0.1, 0.15) is 0 Å². The third-order valence-electron chi connectivity index (χ3n) is 4.83. The van der Waals surface area contributed by atoms with Gasteiger partial charge in [-0.1, -0.05) is 12.1 Å². The molecule has 4 rings (SSSR count). The van der Waals surface area contributed by atoms with Crippen LogP contribution in [0.5, 0.6) is 0 Å². The Bertz CT molecular complexity index is 1230. The number of carbonyl (C=O) groups excluding carboxylic acids is 1. The number of primary amides is 1. The molecule has 32 heavy (non-hydrogen) atoms. The van der Waals surface area contributed by atoms with Crippen molar-refractivity contribution in [1.29, 1.82) is 0 Å². The molecule has 1 fully saturated rings. The summed E-state index contributed by atoms with van der Waals surface area (Å²) in [6, 6.07) is 13.3. The molecular weight excluding hydrogens is 435 g/mol. The maximum Gasteiger partial charge on any atom is 0.248 e. The van der Waals surface area contributed by atoms with Crippen LogP contribution >= 0.6 is 0 Å². The Labute approximate surface area is 184 Å². The molecule has 0 atom stereocenters. The summed E-state index contributed by atoms with van der Waals surface area (Å²) in [5, 5.41) is 5.55. The van der Waals surface area contributed by atoms with E-state index in [2.05, 4.69) is 25.3 Å². The molecule has 1 aliphatic carbocycles. The first-order valence-electron chi connectivity index (χ1n) is 9.84. The number of sulfonamides is 1. The van der Waals surface area contributed by atoms with Crippen LogP contribution in [0.1, 0.15) is 28.8 Å². The number of hydrogen-bond acceptors (Lipinski definition) is 7. The van der Waals surface area contributed by atoms with Crippen LogP contribution in [0.4, 0.5) is 27.5 Å². The van der Waals surface area contributed by atoms with E-state index in [1.807, 2.05) is 0 Å². The lowest BCUT2D eigenvalue weighted by atomic mass is 10.2. The van der Waals surface area contributed by atoms with Crippen LogP contribution in [-0.4, -0.2) is 29.5 Å². The SMILES string of the molecule is NC(=O)c1ccc(Nc2ncc(F)c(Nc3ccc(CNS(=O)(=O)C4CC4)cc3)n2)cc1. The largest absolute Gasteiger partial charge is 0.366 e. The second-order valence-corrected chi connectivity index (χ2v) is 9.39. The van der Waals surface area contributed by atoms with E-state index in [0.29, 0.717) is 29.8 Å². The van der Waals surface area contributed by atoms with Crippen LogP contribution in [0.25, 0.3) is 0 Å². The van der Waals surface area contributed by atoms with Gasteiger partial charge in [0, 0.05) is 23.5 Å². The Hall–Kier alpha value is -3.57. The zero-order valence-corrected chi connectivity index (χ0v) is 17.7. The Kier molecular flexibility index (Phi) is 6.01. The number of benzene rings is 2. The molecule has 9 nitrogen and oxygen atoms in total. The molecule has 166 valence electrons. The van der Waals surface area contributed by atoms with Crippen LogP contribution in [0, 0.1) is 5.82 Å². The van der Waals surface area contributed by atoms with Gasteiger partial charge >= 0.3 is 0 Å². The zero-order chi connectivity index (χ0) is 22.7. The smallest absolute Gasteiger partial charge is 0.248 e. The Morgan fingerprint density at radius 1 is 1.03 bits per heavy atom. The number of rotatable bonds is 9. The molecule has 3 aromatic rings. The van der Waals surface area contributed by atoms with Crippen molar-refractivity contribution in [2.45, 2.75) is 24.6 Å². The fourth-order valence-electron chi connectivity index (χ4n) is 2.88. The molecular formula is C21H21FN6O3S. The van der Waals surface area contributed by atoms with Crippen LogP contribution in [0.2, 0.25) is 0 Å². The molecule has 5 N–H and O–H groups in total. The summed E-state index contributed by atoms with van der Waals surface area (Å²) in [6.45, 7) is 0.198. The van der Waals surface area contributed by atoms with Crippen molar-refractivity contribution in [3.05, 3.63) is 71.7 Å². The van der Waals surface area contributed by atoms with Gasteiger partial charge < -0.3 is 16.4 Å². The molecule has 1 aliphatic rings. The lowest BCUT2D eigenvalue weighted by molar-refractivity contribution is 0.100. The van der Waals surface area contributed by atoms with Gasteiger partial charge in [-0.15, -0.1) is 0 Å². The molecule has 1 saturated carbocycles. The molecule has 1 amide bonds. The second-order valence-electron chi connectivity index (χ2n) is 7.34. The number of carbonyl (C=O) groups is 1. The number of nitrogens with zero attached hydrogens (tertiary/aromatic N) is 2. The number of anilines is 4. The fourth-order valence-corrected chi connectivity index (χ4v) is 4.24. The molecule has 0 spiro atoms. The summed E-state index contributed by atoms with van der Waals surface area (Å²) < 4.78 is 40.6. The van der Waals surface area contributed by atoms with E-state index in [1.54, 1.807) is 48.5 Å². The van der Waals surface area contributed by atoms with Crippen LogP contribution in [-0.2, 0) is 16.6 Å². The number of halogens is 1. The van der Waals surface area contributed by atoms with E-state index in [0.717, 1.165) is 11.8 Å². The van der Waals surface area contributed by atoms with E-state index in [4.69, 9.17) is 5.73 Å². The first-order chi connectivity index (χ1) is 15.3. The predicted molar refractivity (Wildman–Crippen MR) is 119 cm³/mol. The maximum atomic E-state index is 14.2. The van der Waals surface area contributed by atoms with E-state index in [1.165, 1.54) is 0 Å². The summed E-state index contributed by atoms with van der Waals surface area (Å²) in [5.41, 5.74) is 7.55. The highest BCUT2D eigenvalue weighted by Crippen LogP contribution is 2.27. The van der Waals surface area contributed by atoms with Gasteiger partial charge in [0.2, 0.25) is 21.9 Å². The van der Waals surface area contributed by atoms with Crippen molar-refractivity contribution >= 4 is 39.1 Å². The summed E-state index contributed by atoms with van der Waals surface area (Å²) in [5.74, 6) is -1.04. The Morgan fingerprint density at radius 2 is 1.66 bits per heavy atom. The molecule has 1 heterocycles. The van der Waals surface area contributed by atoms with Crippen LogP contribution in [0.3, 0.4) is 0 Å². The van der Waals surface area contributed by atoms with E-state index in [-0.39, 0.29) is 23.6 Å². The third-order valence-corrected chi connectivity index (χ3v) is 6.72. The van der Waals surface area contributed by atoms with Crippen molar-refractivity contribution < 1.29 is 17.6 Å². The molecule has 0 unspecified atom stereocenters. The lowest BCUT2D eigenvalue weighted by Gasteiger charge is -2.11. The van der Waals surface area contributed by atoms with E-state index in [9.17, 15) is 17.6 Å². The monoisotopic (exact) mass is 456 g/mol. The van der Waals surface area contributed by atoms with E-state index < -0.39 is 21.7 Å². The quantitative estimate of drug-likeness (QED) is 0.388. The predicted octanol–water partition coefficient (Wildman–Crippen LogP) is 2.78. The minimum atomic E-state index is -3.25. The number of aromatic nitrogens is 2. The molecule has 11 heteroatoms. The third kappa shape index (κ3) is 5.37. The summed E-state index contributed by atoms with van der Waals surface area (Å²) in [4.78, 5) is 19.2. The van der Waals surface area contributed by atoms with E-state index >= 15 is 0 Å². The number of amides is 1. The highest BCUT2D eigenvalue weighted by molar-refractivity contribution is 7.90. The van der Waals surface area contributed by atoms with Gasteiger partial charge in [-0.25, -0.2) is 22.5 Å². The topological polar surface area (TPSA) is 139 Å². The molecule has 0 saturated heterocycles. The Balaban J connectivity index is 1.40. The van der Waals surface area contributed by atoms with Crippen molar-refractivity contribution in [2.24, 2.45) is 5.73 Å². The molecule has 0 bridgehead atoms. The van der Waals surface area contributed by atoms with Gasteiger partial charge in [-0.05, 0) is 54.8 Å². The molecule has 1 aromatic heterocycles. The average molecular weight is 457 g/mol. The second kappa shape index (κ2) is 8.89. The Morgan fingerprint density at radius 3 is 2.28 bits per heavy atom. The highest BCUT2D eigenvalue weighted by Gasteiger charge is 2.35. The fraction of sp³-hybridized carbons (Fsp3) is 0.190. The standard InChI is InChI=1S/C21H21FN6O3S/c22-18-12-24-21(27-16-7-3-14(4-8-16)19(23)29)28-20(18)26-15-5-1-13(2-6-15)11-25-32(30,31)17-9-10-17/h1-8,12,17,25H,9-11H2,(H2,23,29)(H2,24,26,27,28). The van der Waals surface area contributed by atoms with Crippen molar-refractivity contribution in [3.8, 4) is 0 Å². The van der Waals surface area contributed by atoms with Crippen molar-refractivity contribution in [2.75, 3.05) is 10.6 Å². The molecule has 2 aromatic carbocycles. The number of hydrogen-bond donors (Lipinski definition) is 4. The minimum Gasteiger partial charge on any atom is -0.366 e. The van der Waals surface area contributed by atoms with Gasteiger partial charge in [0.15, 0.2) is 11.6 Å². The number of nitrogens with two attached hydrogens (primary N) is 1. The maximum absolute atomic E-state index is 14.2. The van der Waals surface area contributed by atoms with Crippen LogP contribution in [0.15, 0.2) is 54.7 Å². The normalized spacial score (nSPS) is 13.5. The van der Waals surface area contributed by atoms with Crippen molar-refractivity contribution in [3.63, 3.8) is 0 Å². The number of nitrogens with one attached hydrogen (secondary N) is 3. The summed E-state index contributed by atoms with van der Waals surface area (Å²) in [6.07, 6.45) is 2.45. The van der Waals surface area contributed by atoms with Gasteiger partial charge in [0.25, 0.3) is 0 Å². The van der Waals surface area contributed by atoms with Crippen LogP contribution < -0.4 is 21.1 Å². The summed E-state index contributed by atoms with van der Waals surface area (Å²) in [7, 11) is -3.25.